The van der Waals surface area contributed by atoms with Crippen molar-refractivity contribution in [2.75, 3.05) is 32.8 Å². The summed E-state index contributed by atoms with van der Waals surface area (Å²) in [5.74, 6) is 2.59. The number of rotatable bonds is 6. The van der Waals surface area contributed by atoms with E-state index in [4.69, 9.17) is 10.5 Å². The highest BCUT2D eigenvalue weighted by Gasteiger charge is 2.21. The summed E-state index contributed by atoms with van der Waals surface area (Å²) in [7, 11) is 0. The van der Waals surface area contributed by atoms with Gasteiger partial charge in [-0.1, -0.05) is 26.0 Å². The molecule has 1 heterocycles. The molecule has 20 heavy (non-hydrogen) atoms. The van der Waals surface area contributed by atoms with E-state index in [1.54, 1.807) is 0 Å². The van der Waals surface area contributed by atoms with Crippen LogP contribution in [0.5, 0.6) is 5.75 Å². The summed E-state index contributed by atoms with van der Waals surface area (Å²) in [4.78, 5) is 2.53. The largest absolute Gasteiger partial charge is 0.492 e. The fourth-order valence-electron chi connectivity index (χ4n) is 3.19. The number of nitrogens with zero attached hydrogens (tertiary/aromatic N) is 1. The third kappa shape index (κ3) is 4.80. The molecule has 0 aliphatic carbocycles. The van der Waals surface area contributed by atoms with E-state index in [-0.39, 0.29) is 0 Å². The number of hydrogen-bond donors (Lipinski definition) is 1. The van der Waals surface area contributed by atoms with Crippen LogP contribution in [-0.4, -0.2) is 37.7 Å². The monoisotopic (exact) mass is 276 g/mol. The molecule has 2 unspecified atom stereocenters. The third-order valence-corrected chi connectivity index (χ3v) is 3.98. The van der Waals surface area contributed by atoms with Gasteiger partial charge in [-0.05, 0) is 48.9 Å². The van der Waals surface area contributed by atoms with Crippen LogP contribution in [0.25, 0.3) is 0 Å². The molecule has 1 aromatic rings. The highest BCUT2D eigenvalue weighted by Crippen LogP contribution is 2.20. The van der Waals surface area contributed by atoms with E-state index in [2.05, 4.69) is 30.9 Å². The second-order valence-electron chi connectivity index (χ2n) is 6.24. The second-order valence-corrected chi connectivity index (χ2v) is 6.24. The van der Waals surface area contributed by atoms with Crippen LogP contribution in [0.4, 0.5) is 0 Å². The maximum absolute atomic E-state index is 5.84. The third-order valence-electron chi connectivity index (χ3n) is 3.98. The predicted octanol–water partition coefficient (Wildman–Crippen LogP) is 2.54. The molecule has 0 spiro atoms. The molecule has 1 fully saturated rings. The Kier molecular flexibility index (Phi) is 5.86. The Bertz CT molecular complexity index is 380. The molecule has 112 valence electrons. The number of hydrogen-bond acceptors (Lipinski definition) is 3. The number of ether oxygens (including phenoxy) is 1. The summed E-state index contributed by atoms with van der Waals surface area (Å²) < 4.78 is 5.84. The zero-order valence-electron chi connectivity index (χ0n) is 12.8. The van der Waals surface area contributed by atoms with Crippen molar-refractivity contribution in [3.05, 3.63) is 29.8 Å². The van der Waals surface area contributed by atoms with Crippen molar-refractivity contribution in [3.8, 4) is 5.75 Å². The fraction of sp³-hybridized carbons (Fsp3) is 0.647. The zero-order valence-corrected chi connectivity index (χ0v) is 12.8. The molecule has 2 N–H and O–H groups in total. The minimum absolute atomic E-state index is 0.700. The van der Waals surface area contributed by atoms with Gasteiger partial charge in [0, 0.05) is 19.6 Å². The molecule has 3 nitrogen and oxygen atoms in total. The first kappa shape index (κ1) is 15.3. The average molecular weight is 276 g/mol. The molecule has 1 aliphatic heterocycles. The van der Waals surface area contributed by atoms with Gasteiger partial charge in [-0.25, -0.2) is 0 Å². The van der Waals surface area contributed by atoms with E-state index in [0.29, 0.717) is 6.54 Å². The predicted molar refractivity (Wildman–Crippen MR) is 84.1 cm³/mol. The lowest BCUT2D eigenvalue weighted by atomic mass is 9.92. The smallest absolute Gasteiger partial charge is 0.119 e. The Morgan fingerprint density at radius 2 is 1.80 bits per heavy atom. The molecule has 0 saturated carbocycles. The molecule has 0 radical (unpaired) electrons. The van der Waals surface area contributed by atoms with Gasteiger partial charge in [-0.15, -0.1) is 0 Å². The Hall–Kier alpha value is -1.06. The van der Waals surface area contributed by atoms with Gasteiger partial charge in [-0.3, -0.25) is 4.90 Å². The van der Waals surface area contributed by atoms with E-state index in [1.165, 1.54) is 25.1 Å². The Morgan fingerprint density at radius 3 is 2.40 bits per heavy atom. The van der Waals surface area contributed by atoms with Gasteiger partial charge in [0.1, 0.15) is 12.4 Å². The Balaban J connectivity index is 1.72. The number of piperidine rings is 1. The lowest BCUT2D eigenvalue weighted by molar-refractivity contribution is 0.120. The minimum atomic E-state index is 0.700. The number of nitrogens with two attached hydrogens (primary N) is 1. The maximum atomic E-state index is 5.84. The van der Waals surface area contributed by atoms with E-state index in [9.17, 15) is 0 Å². The first-order valence-electron chi connectivity index (χ1n) is 7.81. The van der Waals surface area contributed by atoms with E-state index in [0.717, 1.165) is 37.2 Å². The van der Waals surface area contributed by atoms with Crippen LogP contribution < -0.4 is 10.5 Å². The van der Waals surface area contributed by atoms with Gasteiger partial charge < -0.3 is 10.5 Å². The molecule has 1 saturated heterocycles. The van der Waals surface area contributed by atoms with Crippen molar-refractivity contribution in [2.45, 2.75) is 26.7 Å². The topological polar surface area (TPSA) is 38.5 Å². The number of benzene rings is 1. The van der Waals surface area contributed by atoms with Crippen molar-refractivity contribution >= 4 is 0 Å². The van der Waals surface area contributed by atoms with Gasteiger partial charge >= 0.3 is 0 Å². The van der Waals surface area contributed by atoms with Crippen LogP contribution in [0.1, 0.15) is 25.8 Å². The van der Waals surface area contributed by atoms with Crippen LogP contribution in [0.3, 0.4) is 0 Å². The van der Waals surface area contributed by atoms with Crippen molar-refractivity contribution in [3.63, 3.8) is 0 Å². The molecular formula is C17H28N2O. The average Bonchev–Trinajstić information content (AvgIpc) is 2.40. The molecule has 3 heteroatoms. The summed E-state index contributed by atoms with van der Waals surface area (Å²) in [6, 6.07) is 8.30. The molecule has 0 bridgehead atoms. The molecular weight excluding hydrogens is 248 g/mol. The lowest BCUT2D eigenvalue weighted by Crippen LogP contribution is -2.40. The minimum Gasteiger partial charge on any atom is -0.492 e. The molecule has 1 aromatic carbocycles. The zero-order chi connectivity index (χ0) is 14.4. The SMILES string of the molecule is CC1CC(C)CN(CCOc2ccc(CCN)cc2)C1. The Labute approximate surface area is 123 Å². The molecule has 2 atom stereocenters. The van der Waals surface area contributed by atoms with Gasteiger partial charge in [0.15, 0.2) is 0 Å². The van der Waals surface area contributed by atoms with Crippen LogP contribution in [0.15, 0.2) is 24.3 Å². The summed E-state index contributed by atoms with van der Waals surface area (Å²) in [6.07, 6.45) is 2.30. The van der Waals surface area contributed by atoms with Crippen LogP contribution in [0.2, 0.25) is 0 Å². The van der Waals surface area contributed by atoms with Gasteiger partial charge in [0.05, 0.1) is 0 Å². The second kappa shape index (κ2) is 7.65. The maximum Gasteiger partial charge on any atom is 0.119 e. The quantitative estimate of drug-likeness (QED) is 0.868. The van der Waals surface area contributed by atoms with Crippen molar-refractivity contribution < 1.29 is 4.74 Å². The fourth-order valence-corrected chi connectivity index (χ4v) is 3.19. The molecule has 1 aliphatic rings. The Morgan fingerprint density at radius 1 is 1.15 bits per heavy atom. The van der Waals surface area contributed by atoms with Crippen LogP contribution in [0, 0.1) is 11.8 Å². The van der Waals surface area contributed by atoms with Gasteiger partial charge in [0.2, 0.25) is 0 Å². The van der Waals surface area contributed by atoms with Crippen molar-refractivity contribution in [1.82, 2.24) is 4.90 Å². The summed E-state index contributed by atoms with van der Waals surface area (Å²) in [5.41, 5.74) is 6.82. The number of likely N-dealkylation sites (tertiary alicyclic amines) is 1. The molecule has 2 rings (SSSR count). The van der Waals surface area contributed by atoms with Crippen LogP contribution in [-0.2, 0) is 6.42 Å². The summed E-state index contributed by atoms with van der Waals surface area (Å²) in [6.45, 7) is 9.62. The van der Waals surface area contributed by atoms with Crippen molar-refractivity contribution in [2.24, 2.45) is 17.6 Å². The van der Waals surface area contributed by atoms with E-state index < -0.39 is 0 Å². The lowest BCUT2D eigenvalue weighted by Gasteiger charge is -2.34. The van der Waals surface area contributed by atoms with Gasteiger partial charge in [-0.2, -0.15) is 0 Å². The van der Waals surface area contributed by atoms with Crippen LogP contribution >= 0.6 is 0 Å². The molecule has 0 aromatic heterocycles. The normalized spacial score (nSPS) is 23.8. The van der Waals surface area contributed by atoms with Gasteiger partial charge in [0.25, 0.3) is 0 Å². The standard InChI is InChI=1S/C17H28N2O/c1-14-11-15(2)13-19(12-14)9-10-20-17-5-3-16(4-6-17)7-8-18/h3-6,14-15H,7-13,18H2,1-2H3. The first-order valence-corrected chi connectivity index (χ1v) is 7.81. The summed E-state index contributed by atoms with van der Waals surface area (Å²) >= 11 is 0. The summed E-state index contributed by atoms with van der Waals surface area (Å²) in [5, 5.41) is 0. The highest BCUT2D eigenvalue weighted by atomic mass is 16.5. The first-order chi connectivity index (χ1) is 9.67. The van der Waals surface area contributed by atoms with E-state index >= 15 is 0 Å². The highest BCUT2D eigenvalue weighted by molar-refractivity contribution is 5.27. The molecule has 0 amide bonds. The van der Waals surface area contributed by atoms with E-state index in [1.807, 2.05) is 12.1 Å². The van der Waals surface area contributed by atoms with Crippen molar-refractivity contribution in [1.29, 1.82) is 0 Å².